The first kappa shape index (κ1) is 26.3. The summed E-state index contributed by atoms with van der Waals surface area (Å²) in [4.78, 5) is 54.0. The van der Waals surface area contributed by atoms with Gasteiger partial charge < -0.3 is 15.0 Å². The number of fused-ring (bicyclic) bond motifs is 1. The number of rotatable bonds is 7. The third-order valence-corrected chi connectivity index (χ3v) is 7.62. The molecule has 2 aromatic carbocycles. The Morgan fingerprint density at radius 1 is 1.08 bits per heavy atom. The molecule has 1 fully saturated rings. The lowest BCUT2D eigenvalue weighted by molar-refractivity contribution is -0.122. The van der Waals surface area contributed by atoms with Crippen molar-refractivity contribution in [3.8, 4) is 5.69 Å². The smallest absolute Gasteiger partial charge is 0.359 e. The molecule has 0 bridgehead atoms. The lowest BCUT2D eigenvalue weighted by Crippen LogP contribution is -2.29. The van der Waals surface area contributed by atoms with Gasteiger partial charge >= 0.3 is 5.97 Å². The lowest BCUT2D eigenvalue weighted by atomic mass is 10.0. The van der Waals surface area contributed by atoms with E-state index in [1.54, 1.807) is 29.3 Å². The number of benzene rings is 2. The summed E-state index contributed by atoms with van der Waals surface area (Å²) in [6, 6.07) is 16.6. The third kappa shape index (κ3) is 5.07. The van der Waals surface area contributed by atoms with E-state index in [1.807, 2.05) is 42.5 Å². The third-order valence-electron chi connectivity index (χ3n) is 6.73. The van der Waals surface area contributed by atoms with Crippen molar-refractivity contribution in [1.29, 1.82) is 0 Å². The highest BCUT2D eigenvalue weighted by Crippen LogP contribution is 2.32. The second kappa shape index (κ2) is 10.8. The van der Waals surface area contributed by atoms with Gasteiger partial charge in [-0.05, 0) is 42.7 Å². The summed E-state index contributed by atoms with van der Waals surface area (Å²) in [5.41, 5.74) is 1.83. The highest BCUT2D eigenvalue weighted by atomic mass is 32.1. The maximum absolute atomic E-state index is 13.7. The monoisotopic (exact) mass is 544 g/mol. The van der Waals surface area contributed by atoms with Gasteiger partial charge in [0.25, 0.3) is 5.56 Å². The van der Waals surface area contributed by atoms with E-state index in [2.05, 4.69) is 24.3 Å². The summed E-state index contributed by atoms with van der Waals surface area (Å²) < 4.78 is 6.38. The molecule has 0 aliphatic carbocycles. The fourth-order valence-electron chi connectivity index (χ4n) is 4.62. The number of aromatic nitrogens is 2. The highest BCUT2D eigenvalue weighted by Gasteiger charge is 2.35. The zero-order valence-electron chi connectivity index (χ0n) is 21.8. The number of amides is 2. The minimum absolute atomic E-state index is 0.0116. The molecule has 39 heavy (non-hydrogen) atoms. The molecule has 4 aromatic rings. The Hall–Kier alpha value is -4.31. The molecule has 1 atom stereocenters. The number of carbonyl (C=O) groups excluding carboxylic acids is 3. The Balaban J connectivity index is 1.51. The molecule has 200 valence electrons. The Bertz CT molecular complexity index is 1610. The minimum atomic E-state index is -0.661. The van der Waals surface area contributed by atoms with Crippen LogP contribution in [0.1, 0.15) is 49.2 Å². The fourth-order valence-corrected chi connectivity index (χ4v) is 5.56. The van der Waals surface area contributed by atoms with Gasteiger partial charge in [-0.2, -0.15) is 9.78 Å². The maximum atomic E-state index is 13.7. The Morgan fingerprint density at radius 2 is 1.79 bits per heavy atom. The van der Waals surface area contributed by atoms with E-state index in [0.717, 1.165) is 27.3 Å². The maximum Gasteiger partial charge on any atom is 0.359 e. The predicted octanol–water partition coefficient (Wildman–Crippen LogP) is 4.74. The molecular weight excluding hydrogens is 516 g/mol. The molecule has 2 aromatic heterocycles. The van der Waals surface area contributed by atoms with Gasteiger partial charge in [-0.25, -0.2) is 4.79 Å². The van der Waals surface area contributed by atoms with Gasteiger partial charge in [0, 0.05) is 29.4 Å². The second-order valence-corrected chi connectivity index (χ2v) is 10.5. The molecule has 1 N–H and O–H groups in total. The van der Waals surface area contributed by atoms with Gasteiger partial charge in [0.1, 0.15) is 5.00 Å². The number of carbonyl (C=O) groups is 3. The summed E-state index contributed by atoms with van der Waals surface area (Å²) >= 11 is 1.13. The van der Waals surface area contributed by atoms with Crippen molar-refractivity contribution in [3.63, 3.8) is 0 Å². The van der Waals surface area contributed by atoms with Crippen molar-refractivity contribution in [2.45, 2.75) is 33.1 Å². The topological polar surface area (TPSA) is 111 Å². The van der Waals surface area contributed by atoms with Crippen molar-refractivity contribution in [3.05, 3.63) is 81.6 Å². The quantitative estimate of drug-likeness (QED) is 0.337. The molecule has 0 radical (unpaired) electrons. The number of esters is 1. The summed E-state index contributed by atoms with van der Waals surface area (Å²) in [7, 11) is 0. The fraction of sp³-hybridized carbons (Fsp3) is 0.276. The molecule has 1 aliphatic heterocycles. The van der Waals surface area contributed by atoms with E-state index in [0.29, 0.717) is 22.0 Å². The van der Waals surface area contributed by atoms with E-state index in [-0.39, 0.29) is 42.5 Å². The molecule has 10 heteroatoms. The standard InChI is InChI=1S/C29H28N4O5S/c1-4-38-29(37)25-22-16-39-27(24(22)28(36)33(31-25)21-12-10-18(11-13-21)17(2)3)30-26(35)19-14-23(34)32(15-19)20-8-6-5-7-9-20/h5-13,16-17,19H,4,14-15H2,1-3H3,(H,30,35). The van der Waals surface area contributed by atoms with Crippen molar-refractivity contribution in [2.24, 2.45) is 5.92 Å². The number of anilines is 2. The van der Waals surface area contributed by atoms with Gasteiger partial charge in [0.2, 0.25) is 11.8 Å². The average molecular weight is 545 g/mol. The van der Waals surface area contributed by atoms with Crippen LogP contribution in [0.5, 0.6) is 0 Å². The van der Waals surface area contributed by atoms with Crippen LogP contribution in [0.2, 0.25) is 0 Å². The molecule has 2 amide bonds. The van der Waals surface area contributed by atoms with E-state index < -0.39 is 17.4 Å². The van der Waals surface area contributed by atoms with Crippen molar-refractivity contribution >= 4 is 50.6 Å². The van der Waals surface area contributed by atoms with E-state index in [9.17, 15) is 19.2 Å². The number of hydrogen-bond acceptors (Lipinski definition) is 7. The molecule has 5 rings (SSSR count). The van der Waals surface area contributed by atoms with E-state index in [1.165, 1.54) is 0 Å². The largest absolute Gasteiger partial charge is 0.461 e. The van der Waals surface area contributed by atoms with Gasteiger partial charge in [-0.1, -0.05) is 44.2 Å². The first-order chi connectivity index (χ1) is 18.8. The highest BCUT2D eigenvalue weighted by molar-refractivity contribution is 7.16. The van der Waals surface area contributed by atoms with Crippen LogP contribution in [-0.2, 0) is 14.3 Å². The molecule has 0 saturated carbocycles. The zero-order chi connectivity index (χ0) is 27.7. The van der Waals surface area contributed by atoms with Crippen molar-refractivity contribution in [2.75, 3.05) is 23.4 Å². The van der Waals surface area contributed by atoms with Crippen LogP contribution < -0.4 is 15.8 Å². The lowest BCUT2D eigenvalue weighted by Gasteiger charge is -2.16. The van der Waals surface area contributed by atoms with Crippen molar-refractivity contribution < 1.29 is 19.1 Å². The van der Waals surface area contributed by atoms with Crippen LogP contribution in [0.25, 0.3) is 16.5 Å². The Kier molecular flexibility index (Phi) is 7.30. The molecule has 1 saturated heterocycles. The number of hydrogen-bond donors (Lipinski definition) is 1. The Morgan fingerprint density at radius 3 is 2.46 bits per heavy atom. The summed E-state index contributed by atoms with van der Waals surface area (Å²) in [6.07, 6.45) is 0.0616. The number of thiophene rings is 1. The second-order valence-electron chi connectivity index (χ2n) is 9.62. The first-order valence-corrected chi connectivity index (χ1v) is 13.6. The van der Waals surface area contributed by atoms with Crippen LogP contribution >= 0.6 is 11.3 Å². The molecule has 1 unspecified atom stereocenters. The predicted molar refractivity (Wildman–Crippen MR) is 151 cm³/mol. The minimum Gasteiger partial charge on any atom is -0.461 e. The number of ether oxygens (including phenoxy) is 1. The first-order valence-electron chi connectivity index (χ1n) is 12.8. The average Bonchev–Trinajstić information content (AvgIpc) is 3.53. The van der Waals surface area contributed by atoms with Crippen LogP contribution in [0.4, 0.5) is 10.7 Å². The molecular formula is C29H28N4O5S. The van der Waals surface area contributed by atoms with Gasteiger partial charge in [0.15, 0.2) is 5.69 Å². The van der Waals surface area contributed by atoms with Crippen LogP contribution in [0.15, 0.2) is 64.8 Å². The van der Waals surface area contributed by atoms with E-state index >= 15 is 0 Å². The number of para-hydroxylation sites is 1. The summed E-state index contributed by atoms with van der Waals surface area (Å²) in [5.74, 6) is -1.46. The van der Waals surface area contributed by atoms with Crippen LogP contribution in [-0.4, -0.2) is 40.7 Å². The van der Waals surface area contributed by atoms with Crippen LogP contribution in [0, 0.1) is 5.92 Å². The summed E-state index contributed by atoms with van der Waals surface area (Å²) in [6.45, 7) is 6.21. The normalized spacial score (nSPS) is 15.2. The van der Waals surface area contributed by atoms with Gasteiger partial charge in [-0.15, -0.1) is 11.3 Å². The van der Waals surface area contributed by atoms with Crippen LogP contribution in [0.3, 0.4) is 0 Å². The molecule has 1 aliphatic rings. The Labute approximate surface area is 229 Å². The molecule has 0 spiro atoms. The number of nitrogens with zero attached hydrogens (tertiary/aromatic N) is 3. The van der Waals surface area contributed by atoms with E-state index in [4.69, 9.17) is 4.74 Å². The molecule has 9 nitrogen and oxygen atoms in total. The molecule has 3 heterocycles. The SMILES string of the molecule is CCOC(=O)c1nn(-c2ccc(C(C)C)cc2)c(=O)c2c(NC(=O)C3CC(=O)N(c4ccccc4)C3)scc12. The zero-order valence-corrected chi connectivity index (χ0v) is 22.7. The van der Waals surface area contributed by atoms with Gasteiger partial charge in [-0.3, -0.25) is 14.4 Å². The van der Waals surface area contributed by atoms with Gasteiger partial charge in [0.05, 0.1) is 23.6 Å². The number of nitrogens with one attached hydrogen (secondary N) is 1. The summed E-state index contributed by atoms with van der Waals surface area (Å²) in [5, 5.41) is 9.60. The van der Waals surface area contributed by atoms with Crippen molar-refractivity contribution in [1.82, 2.24) is 9.78 Å².